The molecule has 0 atom stereocenters. The van der Waals surface area contributed by atoms with Crippen LogP contribution >= 0.6 is 0 Å². The Balaban J connectivity index is 1.80. The molecule has 2 N–H and O–H groups in total. The van der Waals surface area contributed by atoms with Gasteiger partial charge in [-0.1, -0.05) is 49.6 Å². The average molecular weight is 311 g/mol. The number of nitrogen functional groups attached to an aromatic ring is 1. The highest BCUT2D eigenvalue weighted by Gasteiger charge is 2.17. The molecule has 0 spiro atoms. The van der Waals surface area contributed by atoms with Crippen LogP contribution in [0.3, 0.4) is 0 Å². The number of methoxy groups -OCH3 is 1. The number of benzene rings is 2. The number of ether oxygens (including phenoxy) is 2. The first-order valence-electron chi connectivity index (χ1n) is 8.44. The van der Waals surface area contributed by atoms with Crippen LogP contribution in [0.5, 0.6) is 11.5 Å². The van der Waals surface area contributed by atoms with E-state index in [4.69, 9.17) is 15.2 Å². The monoisotopic (exact) mass is 311 g/mol. The van der Waals surface area contributed by atoms with Gasteiger partial charge in [0.05, 0.1) is 13.7 Å². The van der Waals surface area contributed by atoms with E-state index in [0.29, 0.717) is 17.4 Å². The van der Waals surface area contributed by atoms with Gasteiger partial charge in [-0.2, -0.15) is 0 Å². The van der Waals surface area contributed by atoms with Crippen LogP contribution in [0.1, 0.15) is 32.1 Å². The maximum absolute atomic E-state index is 6.30. The Morgan fingerprint density at radius 2 is 1.74 bits per heavy atom. The van der Waals surface area contributed by atoms with Crippen LogP contribution in [0.4, 0.5) is 5.69 Å². The standard InChI is InChI=1S/C20H25NO2/c1-22-20-17(16-10-6-3-7-11-16)12-13-18(19(20)21)23-14-15-8-4-2-5-9-15/h3,6-7,10-13,15H,2,4-5,8-9,14,21H2,1H3. The third kappa shape index (κ3) is 3.61. The molecule has 0 aromatic heterocycles. The summed E-state index contributed by atoms with van der Waals surface area (Å²) in [5, 5.41) is 0. The predicted octanol–water partition coefficient (Wildman–Crippen LogP) is 4.90. The van der Waals surface area contributed by atoms with E-state index in [1.54, 1.807) is 7.11 Å². The molecular formula is C20H25NO2. The molecule has 2 aromatic carbocycles. The van der Waals surface area contributed by atoms with E-state index >= 15 is 0 Å². The van der Waals surface area contributed by atoms with Crippen LogP contribution in [0.2, 0.25) is 0 Å². The summed E-state index contributed by atoms with van der Waals surface area (Å²) in [4.78, 5) is 0. The molecule has 0 unspecified atom stereocenters. The molecular weight excluding hydrogens is 286 g/mol. The van der Waals surface area contributed by atoms with Crippen molar-refractivity contribution in [1.29, 1.82) is 0 Å². The number of hydrogen-bond donors (Lipinski definition) is 1. The topological polar surface area (TPSA) is 44.5 Å². The largest absolute Gasteiger partial charge is 0.494 e. The highest BCUT2D eigenvalue weighted by atomic mass is 16.5. The van der Waals surface area contributed by atoms with E-state index in [2.05, 4.69) is 12.1 Å². The first-order chi connectivity index (χ1) is 11.3. The Bertz CT molecular complexity index is 634. The van der Waals surface area contributed by atoms with Gasteiger partial charge in [0.15, 0.2) is 5.75 Å². The molecule has 1 aliphatic carbocycles. The van der Waals surface area contributed by atoms with Crippen LogP contribution in [0, 0.1) is 5.92 Å². The lowest BCUT2D eigenvalue weighted by atomic mass is 9.90. The van der Waals surface area contributed by atoms with Crippen LogP contribution < -0.4 is 15.2 Å². The fourth-order valence-electron chi connectivity index (χ4n) is 3.33. The number of rotatable bonds is 5. The quantitative estimate of drug-likeness (QED) is 0.798. The Labute approximate surface area is 138 Å². The molecule has 0 amide bonds. The molecule has 1 fully saturated rings. The van der Waals surface area contributed by atoms with Gasteiger partial charge in [-0.25, -0.2) is 0 Å². The van der Waals surface area contributed by atoms with Gasteiger partial charge in [0.1, 0.15) is 11.4 Å². The predicted molar refractivity (Wildman–Crippen MR) is 94.9 cm³/mol. The highest BCUT2D eigenvalue weighted by molar-refractivity contribution is 5.80. The lowest BCUT2D eigenvalue weighted by Crippen LogP contribution is -2.15. The number of nitrogens with two attached hydrogens (primary N) is 1. The normalized spacial score (nSPS) is 15.3. The van der Waals surface area contributed by atoms with Crippen molar-refractivity contribution in [2.24, 2.45) is 5.92 Å². The molecule has 0 radical (unpaired) electrons. The highest BCUT2D eigenvalue weighted by Crippen LogP contribution is 2.40. The van der Waals surface area contributed by atoms with Gasteiger partial charge in [-0.05, 0) is 36.5 Å². The first-order valence-corrected chi connectivity index (χ1v) is 8.44. The minimum absolute atomic E-state index is 0.588. The summed E-state index contributed by atoms with van der Waals surface area (Å²) in [5.41, 5.74) is 8.97. The van der Waals surface area contributed by atoms with Crippen molar-refractivity contribution in [3.05, 3.63) is 42.5 Å². The molecule has 0 bridgehead atoms. The van der Waals surface area contributed by atoms with Gasteiger partial charge in [-0.15, -0.1) is 0 Å². The third-order valence-electron chi connectivity index (χ3n) is 4.64. The van der Waals surface area contributed by atoms with E-state index < -0.39 is 0 Å². The smallest absolute Gasteiger partial charge is 0.153 e. The van der Waals surface area contributed by atoms with E-state index in [1.807, 2.05) is 30.3 Å². The Hall–Kier alpha value is -2.16. The summed E-state index contributed by atoms with van der Waals surface area (Å²) in [6.45, 7) is 0.748. The maximum atomic E-state index is 6.30. The lowest BCUT2D eigenvalue weighted by Gasteiger charge is -2.22. The molecule has 0 aliphatic heterocycles. The molecule has 0 heterocycles. The summed E-state index contributed by atoms with van der Waals surface area (Å²) in [6.07, 6.45) is 6.52. The average Bonchev–Trinajstić information content (AvgIpc) is 2.62. The summed E-state index contributed by atoms with van der Waals surface area (Å²) in [6, 6.07) is 14.1. The zero-order valence-electron chi connectivity index (χ0n) is 13.8. The molecule has 2 aromatic rings. The molecule has 1 aliphatic rings. The van der Waals surface area contributed by atoms with Crippen molar-refractivity contribution in [1.82, 2.24) is 0 Å². The van der Waals surface area contributed by atoms with E-state index in [9.17, 15) is 0 Å². The summed E-state index contributed by atoms with van der Waals surface area (Å²) in [7, 11) is 1.66. The van der Waals surface area contributed by atoms with Crippen LogP contribution in [0.15, 0.2) is 42.5 Å². The second-order valence-corrected chi connectivity index (χ2v) is 6.24. The molecule has 0 saturated heterocycles. The SMILES string of the molecule is COc1c(-c2ccccc2)ccc(OCC2CCCCC2)c1N. The fraction of sp³-hybridized carbons (Fsp3) is 0.400. The Morgan fingerprint density at radius 3 is 2.43 bits per heavy atom. The first kappa shape index (κ1) is 15.7. The molecule has 1 saturated carbocycles. The van der Waals surface area contributed by atoms with Gasteiger partial charge in [0, 0.05) is 5.56 Å². The van der Waals surface area contributed by atoms with E-state index in [0.717, 1.165) is 23.5 Å². The van der Waals surface area contributed by atoms with E-state index in [1.165, 1.54) is 32.1 Å². The molecule has 3 rings (SSSR count). The lowest BCUT2D eigenvalue weighted by molar-refractivity contribution is 0.209. The number of anilines is 1. The Kier molecular flexibility index (Phi) is 5.06. The van der Waals surface area contributed by atoms with Crippen molar-refractivity contribution < 1.29 is 9.47 Å². The molecule has 122 valence electrons. The summed E-state index contributed by atoms with van der Waals surface area (Å²) < 4.78 is 11.6. The summed E-state index contributed by atoms with van der Waals surface area (Å²) in [5.74, 6) is 2.08. The van der Waals surface area contributed by atoms with Crippen molar-refractivity contribution in [3.63, 3.8) is 0 Å². The van der Waals surface area contributed by atoms with Gasteiger partial charge >= 0.3 is 0 Å². The van der Waals surface area contributed by atoms with E-state index in [-0.39, 0.29) is 0 Å². The zero-order valence-corrected chi connectivity index (χ0v) is 13.8. The zero-order chi connectivity index (χ0) is 16.1. The second kappa shape index (κ2) is 7.40. The van der Waals surface area contributed by atoms with Crippen LogP contribution in [0.25, 0.3) is 11.1 Å². The van der Waals surface area contributed by atoms with Crippen molar-refractivity contribution in [3.8, 4) is 22.6 Å². The van der Waals surface area contributed by atoms with Crippen LogP contribution in [-0.2, 0) is 0 Å². The van der Waals surface area contributed by atoms with Crippen molar-refractivity contribution in [2.45, 2.75) is 32.1 Å². The molecule has 3 nitrogen and oxygen atoms in total. The second-order valence-electron chi connectivity index (χ2n) is 6.24. The van der Waals surface area contributed by atoms with Crippen molar-refractivity contribution >= 4 is 5.69 Å². The van der Waals surface area contributed by atoms with Gasteiger partial charge < -0.3 is 15.2 Å². The van der Waals surface area contributed by atoms with Gasteiger partial charge in [-0.3, -0.25) is 0 Å². The molecule has 3 heteroatoms. The van der Waals surface area contributed by atoms with Gasteiger partial charge in [0.2, 0.25) is 0 Å². The Morgan fingerprint density at radius 1 is 1.00 bits per heavy atom. The maximum Gasteiger partial charge on any atom is 0.153 e. The fourth-order valence-corrected chi connectivity index (χ4v) is 3.33. The molecule has 23 heavy (non-hydrogen) atoms. The minimum atomic E-state index is 0.588. The minimum Gasteiger partial charge on any atom is -0.494 e. The van der Waals surface area contributed by atoms with Crippen molar-refractivity contribution in [2.75, 3.05) is 19.5 Å². The number of hydrogen-bond acceptors (Lipinski definition) is 3. The third-order valence-corrected chi connectivity index (χ3v) is 4.64. The van der Waals surface area contributed by atoms with Crippen LogP contribution in [-0.4, -0.2) is 13.7 Å². The summed E-state index contributed by atoms with van der Waals surface area (Å²) >= 11 is 0. The van der Waals surface area contributed by atoms with Gasteiger partial charge in [0.25, 0.3) is 0 Å².